The third-order valence-electron chi connectivity index (χ3n) is 9.55. The van der Waals surface area contributed by atoms with Crippen LogP contribution in [0.4, 0.5) is 0 Å². The Morgan fingerprint density at radius 3 is 0.889 bits per heavy atom. The van der Waals surface area contributed by atoms with Crippen LogP contribution in [0.5, 0.6) is 0 Å². The fourth-order valence-corrected chi connectivity index (χ4v) is 5.72. The van der Waals surface area contributed by atoms with Crippen molar-refractivity contribution in [3.63, 3.8) is 0 Å². The monoisotopic (exact) mass is 492 g/mol. The fraction of sp³-hybridized carbons (Fsp3) is 0.700. The molecule has 6 heteroatoms. The number of likely N-dealkylation sites (N-methyl/N-ethyl adjacent to an activating group) is 3. The van der Waals surface area contributed by atoms with Gasteiger partial charge in [-0.2, -0.15) is 0 Å². The van der Waals surface area contributed by atoms with E-state index in [0.717, 1.165) is 38.9 Å². The fourth-order valence-electron chi connectivity index (χ4n) is 5.72. The zero-order valence-corrected chi connectivity index (χ0v) is 24.9. The third kappa shape index (κ3) is 4.45. The first-order valence-electron chi connectivity index (χ1n) is 13.5. The topological polar surface area (TPSA) is 46.8 Å². The predicted octanol–water partition coefficient (Wildman–Crippen LogP) is 4.61. The van der Waals surface area contributed by atoms with Crippen molar-refractivity contribution >= 4 is 17.5 Å². The first-order chi connectivity index (χ1) is 16.6. The van der Waals surface area contributed by atoms with Crippen molar-refractivity contribution in [3.8, 4) is 0 Å². The van der Waals surface area contributed by atoms with Crippen molar-refractivity contribution in [2.75, 3.05) is 40.8 Å². The molecule has 0 aliphatic carbocycles. The summed E-state index contributed by atoms with van der Waals surface area (Å²) in [6.07, 6.45) is 2.62. The van der Waals surface area contributed by atoms with Crippen LogP contribution in [0.15, 0.2) is 15.0 Å². The summed E-state index contributed by atoms with van der Waals surface area (Å²) in [7, 11) is 6.59. The first kappa shape index (κ1) is 26.7. The number of aliphatic imine (C=N–C) groups is 3. The molecule has 198 valence electrons. The van der Waals surface area contributed by atoms with Gasteiger partial charge in [-0.3, -0.25) is 15.0 Å². The molecule has 3 heterocycles. The van der Waals surface area contributed by atoms with Crippen LogP contribution in [-0.4, -0.2) is 89.6 Å². The molecule has 0 radical (unpaired) electrons. The SMILES string of the molecule is Cc1c(CC2=NCC(C)(C)N2C)c(C)c(CC2=NCC(C)(C)N2C)c(C)c1CC1=NCC(C)(C)N1C. The second-order valence-corrected chi connectivity index (χ2v) is 13.2. The molecule has 0 aromatic heterocycles. The molecule has 0 spiro atoms. The molecule has 0 bridgehead atoms. The van der Waals surface area contributed by atoms with Crippen molar-refractivity contribution in [1.82, 2.24) is 14.7 Å². The maximum absolute atomic E-state index is 4.98. The number of nitrogens with zero attached hydrogens (tertiary/aromatic N) is 6. The Bertz CT molecular complexity index is 987. The number of hydrogen-bond acceptors (Lipinski definition) is 6. The van der Waals surface area contributed by atoms with Crippen LogP contribution in [0.1, 0.15) is 74.9 Å². The smallest absolute Gasteiger partial charge is 0.104 e. The molecule has 0 N–H and O–H groups in total. The zero-order valence-electron chi connectivity index (χ0n) is 24.9. The molecule has 0 fully saturated rings. The Balaban J connectivity index is 1.78. The molecule has 0 unspecified atom stereocenters. The Labute approximate surface area is 219 Å². The van der Waals surface area contributed by atoms with Crippen LogP contribution in [0.25, 0.3) is 0 Å². The summed E-state index contributed by atoms with van der Waals surface area (Å²) < 4.78 is 0. The van der Waals surface area contributed by atoms with E-state index in [1.165, 1.54) is 50.9 Å². The van der Waals surface area contributed by atoms with Gasteiger partial charge in [0.25, 0.3) is 0 Å². The highest BCUT2D eigenvalue weighted by molar-refractivity contribution is 5.91. The Morgan fingerprint density at radius 1 is 0.500 bits per heavy atom. The van der Waals surface area contributed by atoms with E-state index in [0.29, 0.717) is 0 Å². The van der Waals surface area contributed by atoms with Crippen molar-refractivity contribution < 1.29 is 0 Å². The van der Waals surface area contributed by atoms with Gasteiger partial charge in [0, 0.05) is 40.4 Å². The standard InChI is InChI=1S/C30H48N6/c1-19-22(13-25-31-16-28(4,5)34(25)10)20(2)24(15-27-33-18-30(8,9)36(27)12)21(3)23(19)14-26-32-17-29(6,7)35(26)11/h13-18H2,1-12H3. The highest BCUT2D eigenvalue weighted by Crippen LogP contribution is 2.34. The summed E-state index contributed by atoms with van der Waals surface area (Å²) in [6.45, 7) is 23.2. The van der Waals surface area contributed by atoms with Gasteiger partial charge in [-0.05, 0) is 95.7 Å². The lowest BCUT2D eigenvalue weighted by Gasteiger charge is -2.33. The molecule has 0 saturated carbocycles. The van der Waals surface area contributed by atoms with Gasteiger partial charge >= 0.3 is 0 Å². The highest BCUT2D eigenvalue weighted by atomic mass is 15.3. The summed E-state index contributed by atoms with van der Waals surface area (Å²) in [5, 5.41) is 0. The van der Waals surface area contributed by atoms with E-state index in [4.69, 9.17) is 15.0 Å². The largest absolute Gasteiger partial charge is 0.356 e. The summed E-state index contributed by atoms with van der Waals surface area (Å²) in [5.74, 6) is 3.58. The summed E-state index contributed by atoms with van der Waals surface area (Å²) in [5.41, 5.74) is 8.71. The molecule has 0 amide bonds. The van der Waals surface area contributed by atoms with Crippen molar-refractivity contribution in [1.29, 1.82) is 0 Å². The second kappa shape index (κ2) is 8.88. The van der Waals surface area contributed by atoms with Gasteiger partial charge in [-0.1, -0.05) is 0 Å². The number of benzene rings is 1. The maximum Gasteiger partial charge on any atom is 0.104 e. The van der Waals surface area contributed by atoms with E-state index in [2.05, 4.69) is 98.2 Å². The van der Waals surface area contributed by atoms with Crippen molar-refractivity contribution in [2.45, 2.75) is 98.2 Å². The van der Waals surface area contributed by atoms with Crippen LogP contribution < -0.4 is 0 Å². The van der Waals surface area contributed by atoms with E-state index in [-0.39, 0.29) is 16.6 Å². The van der Waals surface area contributed by atoms with Crippen LogP contribution >= 0.6 is 0 Å². The van der Waals surface area contributed by atoms with Gasteiger partial charge < -0.3 is 14.7 Å². The van der Waals surface area contributed by atoms with Gasteiger partial charge in [0.1, 0.15) is 17.5 Å². The maximum atomic E-state index is 4.98. The molecule has 4 rings (SSSR count). The lowest BCUT2D eigenvalue weighted by molar-refractivity contribution is 0.289. The van der Waals surface area contributed by atoms with Gasteiger partial charge in [-0.25, -0.2) is 0 Å². The molecule has 3 aliphatic heterocycles. The molecule has 3 aliphatic rings. The zero-order chi connectivity index (χ0) is 26.8. The number of rotatable bonds is 6. The van der Waals surface area contributed by atoms with Gasteiger partial charge in [0.05, 0.1) is 36.3 Å². The van der Waals surface area contributed by atoms with Crippen LogP contribution in [0.3, 0.4) is 0 Å². The normalized spacial score (nSPS) is 22.3. The van der Waals surface area contributed by atoms with E-state index in [1.807, 2.05) is 0 Å². The van der Waals surface area contributed by atoms with Gasteiger partial charge in [-0.15, -0.1) is 0 Å². The number of amidine groups is 3. The molecular formula is C30H48N6. The molecule has 0 atom stereocenters. The highest BCUT2D eigenvalue weighted by Gasteiger charge is 2.36. The Kier molecular flexibility index (Phi) is 6.58. The lowest BCUT2D eigenvalue weighted by Crippen LogP contribution is -2.43. The number of hydrogen-bond donors (Lipinski definition) is 0. The molecule has 6 nitrogen and oxygen atoms in total. The van der Waals surface area contributed by atoms with Crippen molar-refractivity contribution in [2.24, 2.45) is 15.0 Å². The van der Waals surface area contributed by atoms with Crippen LogP contribution in [0, 0.1) is 20.8 Å². The molecule has 1 aromatic carbocycles. The quantitative estimate of drug-likeness (QED) is 0.583. The van der Waals surface area contributed by atoms with Gasteiger partial charge in [0.2, 0.25) is 0 Å². The molecule has 1 aromatic rings. The minimum Gasteiger partial charge on any atom is -0.356 e. The summed E-state index contributed by atoms with van der Waals surface area (Å²) >= 11 is 0. The van der Waals surface area contributed by atoms with E-state index < -0.39 is 0 Å². The third-order valence-corrected chi connectivity index (χ3v) is 9.55. The van der Waals surface area contributed by atoms with E-state index in [1.54, 1.807) is 0 Å². The van der Waals surface area contributed by atoms with Crippen LogP contribution in [0.2, 0.25) is 0 Å². The Morgan fingerprint density at radius 2 is 0.722 bits per heavy atom. The van der Waals surface area contributed by atoms with Crippen molar-refractivity contribution in [3.05, 3.63) is 33.4 Å². The average molecular weight is 493 g/mol. The second-order valence-electron chi connectivity index (χ2n) is 13.2. The van der Waals surface area contributed by atoms with Crippen LogP contribution in [-0.2, 0) is 19.3 Å². The first-order valence-corrected chi connectivity index (χ1v) is 13.5. The summed E-state index contributed by atoms with van der Waals surface area (Å²) in [6, 6.07) is 0. The van der Waals surface area contributed by atoms with E-state index >= 15 is 0 Å². The lowest BCUT2D eigenvalue weighted by atomic mass is 9.83. The average Bonchev–Trinajstić information content (AvgIpc) is 3.32. The summed E-state index contributed by atoms with van der Waals surface area (Å²) in [4.78, 5) is 22.1. The Hall–Kier alpha value is -2.37. The molecule has 36 heavy (non-hydrogen) atoms. The molecule has 0 saturated heterocycles. The van der Waals surface area contributed by atoms with Gasteiger partial charge in [0.15, 0.2) is 0 Å². The predicted molar refractivity (Wildman–Crippen MR) is 154 cm³/mol. The minimum absolute atomic E-state index is 0.0766. The molecular weight excluding hydrogens is 444 g/mol. The van der Waals surface area contributed by atoms with E-state index in [9.17, 15) is 0 Å². The minimum atomic E-state index is 0.0766.